The fourth-order valence-electron chi connectivity index (χ4n) is 6.51. The minimum atomic E-state index is -2.51. The minimum Gasteiger partial charge on any atom is -0.0899 e. The van der Waals surface area contributed by atoms with E-state index >= 15 is 0 Å². The summed E-state index contributed by atoms with van der Waals surface area (Å²) in [5.41, 5.74) is 5.69. The maximum absolute atomic E-state index is 2.51. The Hall–Kier alpha value is -3.33. The third-order valence-electron chi connectivity index (χ3n) is 7.99. The van der Waals surface area contributed by atoms with E-state index in [0.29, 0.717) is 0 Å². The number of hydrogen-bond donors (Lipinski definition) is 0. The van der Waals surface area contributed by atoms with Gasteiger partial charge in [0, 0.05) is 15.2 Å². The molecule has 0 nitrogen and oxygen atoms in total. The summed E-state index contributed by atoms with van der Waals surface area (Å²) in [4.78, 5) is 2.88. The minimum absolute atomic E-state index is 0.0376. The van der Waals surface area contributed by atoms with Crippen molar-refractivity contribution in [3.8, 4) is 11.1 Å². The molecule has 1 heterocycles. The van der Waals surface area contributed by atoms with Gasteiger partial charge in [-0.25, -0.2) is 0 Å². The van der Waals surface area contributed by atoms with Crippen LogP contribution in [0.15, 0.2) is 131 Å². The molecule has 1 aliphatic carbocycles. The first-order valence-electron chi connectivity index (χ1n) is 12.3. The van der Waals surface area contributed by atoms with Crippen LogP contribution in [0.4, 0.5) is 0 Å². The lowest BCUT2D eigenvalue weighted by Crippen LogP contribution is -2.76. The highest BCUT2D eigenvalue weighted by molar-refractivity contribution is 8.00. The Balaban J connectivity index is 1.65. The zero-order valence-electron chi connectivity index (χ0n) is 20.0. The Bertz CT molecular complexity index is 1550. The molecule has 7 rings (SSSR count). The van der Waals surface area contributed by atoms with E-state index in [-0.39, 0.29) is 5.41 Å². The quantitative estimate of drug-likeness (QED) is 0.280. The average Bonchev–Trinajstić information content (AvgIpc) is 3.15. The van der Waals surface area contributed by atoms with Crippen molar-refractivity contribution in [2.75, 3.05) is 0 Å². The molecule has 0 amide bonds. The van der Waals surface area contributed by atoms with Gasteiger partial charge in [-0.15, -0.1) is 0 Å². The highest BCUT2D eigenvalue weighted by Gasteiger charge is 2.49. The Labute approximate surface area is 212 Å². The van der Waals surface area contributed by atoms with E-state index in [9.17, 15) is 0 Å². The van der Waals surface area contributed by atoms with Gasteiger partial charge in [0.15, 0.2) is 8.07 Å². The van der Waals surface area contributed by atoms with Crippen molar-refractivity contribution >= 4 is 40.6 Å². The maximum atomic E-state index is 2.47. The largest absolute Gasteiger partial charge is 0.181 e. The van der Waals surface area contributed by atoms with Gasteiger partial charge in [0.1, 0.15) is 0 Å². The van der Waals surface area contributed by atoms with E-state index in [4.69, 9.17) is 0 Å². The molecule has 0 radical (unpaired) electrons. The van der Waals surface area contributed by atoms with Crippen molar-refractivity contribution in [3.05, 3.63) is 132 Å². The van der Waals surface area contributed by atoms with Crippen LogP contribution in [0.2, 0.25) is 0 Å². The van der Waals surface area contributed by atoms with Crippen molar-refractivity contribution in [3.63, 3.8) is 0 Å². The van der Waals surface area contributed by atoms with Gasteiger partial charge in [0.05, 0.1) is 0 Å². The first-order valence-corrected chi connectivity index (χ1v) is 15.1. The van der Waals surface area contributed by atoms with Crippen LogP contribution in [0.5, 0.6) is 0 Å². The standard InChI is InChI=1S/C33H26SSi/c1-33(2)27-18-10-9-17-25(27)26-21-22-30-32(31(26)33)34-28-19-11-12-20-29(28)35(30,23-13-5-3-6-14-23)24-15-7-4-8-16-24/h3-22H,1-2H3. The van der Waals surface area contributed by atoms with Crippen LogP contribution >= 0.6 is 11.8 Å². The maximum Gasteiger partial charge on any atom is 0.181 e. The van der Waals surface area contributed by atoms with Crippen molar-refractivity contribution in [2.24, 2.45) is 0 Å². The summed E-state index contributed by atoms with van der Waals surface area (Å²) >= 11 is 1.99. The molecule has 1 aliphatic heterocycles. The second-order valence-electron chi connectivity index (χ2n) is 10.1. The summed E-state index contributed by atoms with van der Waals surface area (Å²) in [6, 6.07) is 45.6. The fraction of sp³-hybridized carbons (Fsp3) is 0.0909. The second kappa shape index (κ2) is 7.58. The summed E-state index contributed by atoms with van der Waals surface area (Å²) in [5.74, 6) is 0. The van der Waals surface area contributed by atoms with Crippen LogP contribution in [-0.2, 0) is 5.41 Å². The monoisotopic (exact) mass is 482 g/mol. The van der Waals surface area contributed by atoms with Crippen molar-refractivity contribution in [1.29, 1.82) is 0 Å². The normalized spacial score (nSPS) is 16.1. The molecule has 2 aliphatic rings. The third kappa shape index (κ3) is 2.75. The lowest BCUT2D eigenvalue weighted by Gasteiger charge is -2.41. The lowest BCUT2D eigenvalue weighted by atomic mass is 9.82. The molecule has 0 bridgehead atoms. The van der Waals surface area contributed by atoms with Gasteiger partial charge in [-0.1, -0.05) is 141 Å². The molecule has 0 fully saturated rings. The third-order valence-corrected chi connectivity index (χ3v) is 14.4. The molecule has 0 spiro atoms. The van der Waals surface area contributed by atoms with Gasteiger partial charge >= 0.3 is 0 Å². The zero-order chi connectivity index (χ0) is 23.6. The van der Waals surface area contributed by atoms with Gasteiger partial charge in [0.2, 0.25) is 0 Å². The van der Waals surface area contributed by atoms with E-state index < -0.39 is 8.07 Å². The Morgan fingerprint density at radius 2 is 1.14 bits per heavy atom. The van der Waals surface area contributed by atoms with Crippen LogP contribution in [0.1, 0.15) is 25.0 Å². The fourth-order valence-corrected chi connectivity index (χ4v) is 13.8. The van der Waals surface area contributed by atoms with Gasteiger partial charge in [0.25, 0.3) is 0 Å². The summed E-state index contributed by atoms with van der Waals surface area (Å²) in [7, 11) is -2.51. The molecular formula is C33H26SSi. The first kappa shape index (κ1) is 21.0. The van der Waals surface area contributed by atoms with Crippen molar-refractivity contribution in [2.45, 2.75) is 29.1 Å². The molecule has 0 saturated carbocycles. The molecule has 0 aromatic heterocycles. The summed E-state index contributed by atoms with van der Waals surface area (Å²) in [6.07, 6.45) is 0. The molecule has 2 heteroatoms. The molecule has 0 unspecified atom stereocenters. The molecule has 5 aromatic carbocycles. The van der Waals surface area contributed by atoms with E-state index in [1.165, 1.54) is 52.8 Å². The lowest BCUT2D eigenvalue weighted by molar-refractivity contribution is 0.648. The molecule has 168 valence electrons. The highest BCUT2D eigenvalue weighted by Crippen LogP contribution is 2.53. The van der Waals surface area contributed by atoms with Crippen LogP contribution in [0, 0.1) is 0 Å². The molecular weight excluding hydrogens is 457 g/mol. The number of benzene rings is 5. The molecule has 0 atom stereocenters. The van der Waals surface area contributed by atoms with Gasteiger partial charge in [-0.05, 0) is 49.1 Å². The van der Waals surface area contributed by atoms with E-state index in [1.807, 2.05) is 11.8 Å². The van der Waals surface area contributed by atoms with Crippen LogP contribution in [0.3, 0.4) is 0 Å². The summed E-state index contributed by atoms with van der Waals surface area (Å²) < 4.78 is 0. The van der Waals surface area contributed by atoms with E-state index in [2.05, 4.69) is 135 Å². The topological polar surface area (TPSA) is 0 Å². The molecule has 0 N–H and O–H groups in total. The van der Waals surface area contributed by atoms with Gasteiger partial charge < -0.3 is 0 Å². The summed E-state index contributed by atoms with van der Waals surface area (Å²) in [5, 5.41) is 5.93. The number of rotatable bonds is 2. The number of hydrogen-bond acceptors (Lipinski definition) is 1. The first-order chi connectivity index (χ1) is 17.1. The van der Waals surface area contributed by atoms with Crippen LogP contribution in [0.25, 0.3) is 11.1 Å². The highest BCUT2D eigenvalue weighted by atomic mass is 32.2. The predicted molar refractivity (Wildman–Crippen MR) is 152 cm³/mol. The average molecular weight is 483 g/mol. The zero-order valence-corrected chi connectivity index (χ0v) is 21.8. The van der Waals surface area contributed by atoms with Gasteiger partial charge in [-0.3, -0.25) is 0 Å². The van der Waals surface area contributed by atoms with Crippen LogP contribution in [-0.4, -0.2) is 8.07 Å². The predicted octanol–water partition coefficient (Wildman–Crippen LogP) is 5.83. The molecule has 5 aromatic rings. The Morgan fingerprint density at radius 1 is 0.543 bits per heavy atom. The smallest absolute Gasteiger partial charge is 0.0899 e. The molecule has 0 saturated heterocycles. The second-order valence-corrected chi connectivity index (χ2v) is 14.9. The van der Waals surface area contributed by atoms with Crippen molar-refractivity contribution in [1.82, 2.24) is 0 Å². The van der Waals surface area contributed by atoms with Crippen LogP contribution < -0.4 is 20.7 Å². The molecule has 35 heavy (non-hydrogen) atoms. The van der Waals surface area contributed by atoms with Crippen molar-refractivity contribution < 1.29 is 0 Å². The Kier molecular flexibility index (Phi) is 4.55. The van der Waals surface area contributed by atoms with E-state index in [1.54, 1.807) is 0 Å². The number of fused-ring (bicyclic) bond motifs is 6. The SMILES string of the molecule is CC1(C)c2ccccc2-c2ccc3c(c21)Sc1ccccc1[Si]3(c1ccccc1)c1ccccc1. The van der Waals surface area contributed by atoms with Gasteiger partial charge in [-0.2, -0.15) is 0 Å². The van der Waals surface area contributed by atoms with E-state index in [0.717, 1.165) is 0 Å². The Morgan fingerprint density at radius 3 is 1.86 bits per heavy atom. The summed E-state index contributed by atoms with van der Waals surface area (Å²) in [6.45, 7) is 4.82.